The third kappa shape index (κ3) is 6.40. The van der Waals surface area contributed by atoms with E-state index in [9.17, 15) is 19.2 Å². The van der Waals surface area contributed by atoms with Gasteiger partial charge in [0.1, 0.15) is 12.1 Å². The van der Waals surface area contributed by atoms with Gasteiger partial charge in [-0.25, -0.2) is 0 Å². The highest BCUT2D eigenvalue weighted by molar-refractivity contribution is 5.88. The van der Waals surface area contributed by atoms with Gasteiger partial charge in [-0.2, -0.15) is 0 Å². The van der Waals surface area contributed by atoms with Crippen molar-refractivity contribution in [3.05, 3.63) is 0 Å². The van der Waals surface area contributed by atoms with E-state index in [1.165, 1.54) is 0 Å². The number of carbonyl (C=O) groups is 4. The molecule has 0 radical (unpaired) electrons. The highest BCUT2D eigenvalue weighted by Gasteiger charge is 2.18. The van der Waals surface area contributed by atoms with Gasteiger partial charge in [0.15, 0.2) is 0 Å². The Morgan fingerprint density at radius 3 is 1.33 bits per heavy atom. The zero-order chi connectivity index (χ0) is 14.3. The maximum Gasteiger partial charge on any atom is 0.321 e. The van der Waals surface area contributed by atoms with Crippen LogP contribution in [0.5, 0.6) is 0 Å². The summed E-state index contributed by atoms with van der Waals surface area (Å²) in [6.07, 6.45) is -1.05. The number of aliphatic carboxylic acids is 2. The van der Waals surface area contributed by atoms with Crippen molar-refractivity contribution >= 4 is 23.8 Å². The Morgan fingerprint density at radius 2 is 1.11 bits per heavy atom. The number of hydrogen-bond donors (Lipinski definition) is 6. The number of hydrogen-bond acceptors (Lipinski definition) is 6. The molecule has 2 atom stereocenters. The lowest BCUT2D eigenvalue weighted by molar-refractivity contribution is -0.141. The van der Waals surface area contributed by atoms with Gasteiger partial charge in [0.25, 0.3) is 0 Å². The monoisotopic (exact) mass is 262 g/mol. The Kier molecular flexibility index (Phi) is 6.31. The van der Waals surface area contributed by atoms with Crippen LogP contribution in [-0.2, 0) is 19.2 Å². The first-order chi connectivity index (χ1) is 8.23. The van der Waals surface area contributed by atoms with Crippen LogP contribution >= 0.6 is 0 Å². The van der Waals surface area contributed by atoms with Gasteiger partial charge in [0, 0.05) is 0 Å². The van der Waals surface area contributed by atoms with Gasteiger partial charge in [0.05, 0.1) is 12.8 Å². The molecule has 0 saturated carbocycles. The molecule has 18 heavy (non-hydrogen) atoms. The summed E-state index contributed by atoms with van der Waals surface area (Å²) in [5.41, 5.74) is 13.9. The smallest absolute Gasteiger partial charge is 0.321 e. The summed E-state index contributed by atoms with van der Waals surface area (Å²) in [6, 6.07) is -2.77. The maximum absolute atomic E-state index is 11.1. The zero-order valence-electron chi connectivity index (χ0n) is 9.25. The molecule has 10 nitrogen and oxygen atoms in total. The summed E-state index contributed by atoms with van der Waals surface area (Å²) in [7, 11) is 0. The van der Waals surface area contributed by atoms with Crippen molar-refractivity contribution in [2.45, 2.75) is 24.9 Å². The van der Waals surface area contributed by atoms with Crippen molar-refractivity contribution in [2.75, 3.05) is 0 Å². The molecule has 2 amide bonds. The number of nitrogens with one attached hydrogen (secondary N) is 2. The number of carboxylic acid groups (broad SMARTS) is 2. The summed E-state index contributed by atoms with van der Waals surface area (Å²) in [4.78, 5) is 42.8. The second-order valence-corrected chi connectivity index (χ2v) is 3.39. The van der Waals surface area contributed by atoms with Crippen LogP contribution in [0.4, 0.5) is 0 Å². The standard InChI is InChI=1S/C8H14N4O6/c9-3(7(15)16)1-5(13)11-12-6(14)2-4(10)8(17)18/h3-4H,1-2,9-10H2,(H,11,13)(H,12,14)(H,15,16)(H,17,18)/t3-,4-/m0/s1. The number of amides is 2. The molecule has 0 heterocycles. The number of rotatable bonds is 6. The van der Waals surface area contributed by atoms with E-state index in [-0.39, 0.29) is 0 Å². The van der Waals surface area contributed by atoms with Crippen LogP contribution < -0.4 is 22.3 Å². The van der Waals surface area contributed by atoms with Gasteiger partial charge in [-0.05, 0) is 0 Å². The number of hydrazine groups is 1. The summed E-state index contributed by atoms with van der Waals surface area (Å²) in [5.74, 6) is -4.35. The van der Waals surface area contributed by atoms with Crippen molar-refractivity contribution in [3.63, 3.8) is 0 Å². The Bertz CT molecular complexity index is 323. The van der Waals surface area contributed by atoms with E-state index in [4.69, 9.17) is 21.7 Å². The quantitative estimate of drug-likeness (QED) is 0.269. The fourth-order valence-corrected chi connectivity index (χ4v) is 0.816. The van der Waals surface area contributed by atoms with Crippen molar-refractivity contribution < 1.29 is 29.4 Å². The largest absolute Gasteiger partial charge is 0.480 e. The average molecular weight is 262 g/mol. The molecule has 0 unspecified atom stereocenters. The SMILES string of the molecule is N[C@@H](CC(=O)NNC(=O)C[C@H](N)C(=O)O)C(=O)O. The van der Waals surface area contributed by atoms with Gasteiger partial charge in [-0.1, -0.05) is 0 Å². The molecule has 0 aliphatic rings. The van der Waals surface area contributed by atoms with E-state index >= 15 is 0 Å². The fraction of sp³-hybridized carbons (Fsp3) is 0.500. The van der Waals surface area contributed by atoms with E-state index in [0.29, 0.717) is 0 Å². The first kappa shape index (κ1) is 15.8. The second-order valence-electron chi connectivity index (χ2n) is 3.39. The predicted octanol–water partition coefficient (Wildman–Crippen LogP) is -3.26. The molecule has 102 valence electrons. The van der Waals surface area contributed by atoms with Crippen molar-refractivity contribution in [1.82, 2.24) is 10.9 Å². The molecule has 0 fully saturated rings. The first-order valence-electron chi connectivity index (χ1n) is 4.78. The molecule has 0 aromatic heterocycles. The molecular weight excluding hydrogens is 248 g/mol. The van der Waals surface area contributed by atoms with Crippen molar-refractivity contribution in [3.8, 4) is 0 Å². The minimum Gasteiger partial charge on any atom is -0.480 e. The molecule has 0 aliphatic heterocycles. The topological polar surface area (TPSA) is 185 Å². The molecule has 8 N–H and O–H groups in total. The van der Waals surface area contributed by atoms with Gasteiger partial charge < -0.3 is 21.7 Å². The minimum absolute atomic E-state index is 0.527. The molecule has 0 rings (SSSR count). The van der Waals surface area contributed by atoms with Crippen molar-refractivity contribution in [2.24, 2.45) is 11.5 Å². The van der Waals surface area contributed by atoms with Crippen LogP contribution in [0.2, 0.25) is 0 Å². The molecule has 0 spiro atoms. The van der Waals surface area contributed by atoms with Crippen LogP contribution in [0.1, 0.15) is 12.8 Å². The van der Waals surface area contributed by atoms with E-state index in [2.05, 4.69) is 0 Å². The summed E-state index contributed by atoms with van der Waals surface area (Å²) in [6.45, 7) is 0. The fourth-order valence-electron chi connectivity index (χ4n) is 0.816. The summed E-state index contributed by atoms with van der Waals surface area (Å²) in [5, 5.41) is 16.8. The Morgan fingerprint density at radius 1 is 0.833 bits per heavy atom. The van der Waals surface area contributed by atoms with Gasteiger partial charge in [-0.3, -0.25) is 30.0 Å². The van der Waals surface area contributed by atoms with E-state index in [1.54, 1.807) is 0 Å². The highest BCUT2D eigenvalue weighted by atomic mass is 16.4. The number of carboxylic acids is 2. The Labute approximate surface area is 101 Å². The molecule has 0 aromatic rings. The summed E-state index contributed by atoms with van der Waals surface area (Å²) >= 11 is 0. The molecule has 0 saturated heterocycles. The van der Waals surface area contributed by atoms with Crippen LogP contribution in [0, 0.1) is 0 Å². The molecule has 10 heteroatoms. The van der Waals surface area contributed by atoms with E-state index in [0.717, 1.165) is 0 Å². The number of nitrogens with two attached hydrogens (primary N) is 2. The highest BCUT2D eigenvalue weighted by Crippen LogP contribution is 1.89. The minimum atomic E-state index is -1.39. The lowest BCUT2D eigenvalue weighted by Crippen LogP contribution is -2.47. The van der Waals surface area contributed by atoms with Gasteiger partial charge in [0.2, 0.25) is 11.8 Å². The first-order valence-corrected chi connectivity index (χ1v) is 4.78. The lowest BCUT2D eigenvalue weighted by atomic mass is 10.2. The lowest BCUT2D eigenvalue weighted by Gasteiger charge is -2.10. The van der Waals surface area contributed by atoms with E-state index in [1.807, 2.05) is 10.9 Å². The van der Waals surface area contributed by atoms with Crippen LogP contribution in [-0.4, -0.2) is 46.0 Å². The normalized spacial score (nSPS) is 13.2. The predicted molar refractivity (Wildman–Crippen MR) is 56.7 cm³/mol. The van der Waals surface area contributed by atoms with Crippen LogP contribution in [0.3, 0.4) is 0 Å². The third-order valence-corrected chi connectivity index (χ3v) is 1.79. The molecule has 0 aromatic carbocycles. The molecular formula is C8H14N4O6. The average Bonchev–Trinajstić information content (AvgIpc) is 2.25. The maximum atomic E-state index is 11.1. The Balaban J connectivity index is 3.96. The third-order valence-electron chi connectivity index (χ3n) is 1.79. The van der Waals surface area contributed by atoms with Crippen LogP contribution in [0.15, 0.2) is 0 Å². The Hall–Kier alpha value is -2.20. The van der Waals surface area contributed by atoms with Gasteiger partial charge >= 0.3 is 11.9 Å². The second kappa shape index (κ2) is 7.19. The number of carbonyl (C=O) groups excluding carboxylic acids is 2. The molecule has 0 bridgehead atoms. The zero-order valence-corrected chi connectivity index (χ0v) is 9.25. The van der Waals surface area contributed by atoms with Crippen LogP contribution in [0.25, 0.3) is 0 Å². The van der Waals surface area contributed by atoms with Gasteiger partial charge in [-0.15, -0.1) is 0 Å². The molecule has 0 aliphatic carbocycles. The summed E-state index contributed by atoms with van der Waals surface area (Å²) < 4.78 is 0. The van der Waals surface area contributed by atoms with E-state index < -0.39 is 48.7 Å². The van der Waals surface area contributed by atoms with Crippen molar-refractivity contribution in [1.29, 1.82) is 0 Å².